The van der Waals surface area contributed by atoms with Gasteiger partial charge in [0, 0.05) is 22.8 Å². The number of nitrogens with one attached hydrogen (secondary N) is 1. The van der Waals surface area contributed by atoms with E-state index in [0.717, 1.165) is 31.4 Å². The predicted octanol–water partition coefficient (Wildman–Crippen LogP) is 2.98. The molecule has 1 aromatic rings. The minimum absolute atomic E-state index is 0.00104. The SMILES string of the molecule is CCC1(CNC(=O)c2cc(F)cc(S(=O)(=O)Cl)c2C)CC1. The van der Waals surface area contributed by atoms with Crippen molar-refractivity contribution < 1.29 is 17.6 Å². The lowest BCUT2D eigenvalue weighted by Gasteiger charge is -2.15. The molecule has 2 rings (SSSR count). The summed E-state index contributed by atoms with van der Waals surface area (Å²) in [5, 5.41) is 2.76. The Kier molecular flexibility index (Phi) is 4.31. The molecule has 0 saturated heterocycles. The van der Waals surface area contributed by atoms with Crippen molar-refractivity contribution in [1.82, 2.24) is 5.32 Å². The molecule has 0 unspecified atom stereocenters. The summed E-state index contributed by atoms with van der Waals surface area (Å²) in [6.45, 7) is 4.02. The third kappa shape index (κ3) is 3.55. The molecule has 1 aromatic carbocycles. The van der Waals surface area contributed by atoms with E-state index >= 15 is 0 Å². The van der Waals surface area contributed by atoms with Crippen molar-refractivity contribution in [3.05, 3.63) is 29.1 Å². The quantitative estimate of drug-likeness (QED) is 0.842. The van der Waals surface area contributed by atoms with Gasteiger partial charge in [-0.1, -0.05) is 6.92 Å². The third-order valence-electron chi connectivity index (χ3n) is 4.16. The first-order valence-electron chi connectivity index (χ1n) is 6.71. The Labute approximate surface area is 128 Å². The molecule has 7 heteroatoms. The molecule has 1 saturated carbocycles. The van der Waals surface area contributed by atoms with E-state index in [-0.39, 0.29) is 21.4 Å². The molecule has 116 valence electrons. The van der Waals surface area contributed by atoms with Crippen molar-refractivity contribution in [2.45, 2.75) is 38.0 Å². The number of benzene rings is 1. The summed E-state index contributed by atoms with van der Waals surface area (Å²) in [6, 6.07) is 1.85. The van der Waals surface area contributed by atoms with Gasteiger partial charge >= 0.3 is 0 Å². The average Bonchev–Trinajstić information content (AvgIpc) is 3.17. The van der Waals surface area contributed by atoms with Crippen LogP contribution in [0.1, 0.15) is 42.1 Å². The maximum absolute atomic E-state index is 13.5. The second-order valence-electron chi connectivity index (χ2n) is 5.55. The molecular formula is C14H17ClFNO3S. The number of halogens is 2. The highest BCUT2D eigenvalue weighted by Gasteiger charge is 2.40. The normalized spacial score (nSPS) is 16.6. The molecule has 0 radical (unpaired) electrons. The zero-order valence-electron chi connectivity index (χ0n) is 11.9. The van der Waals surface area contributed by atoms with Gasteiger partial charge in [0.2, 0.25) is 0 Å². The molecule has 1 aliphatic rings. The molecule has 4 nitrogen and oxygen atoms in total. The second-order valence-corrected chi connectivity index (χ2v) is 8.08. The largest absolute Gasteiger partial charge is 0.351 e. The van der Waals surface area contributed by atoms with Crippen LogP contribution in [0, 0.1) is 18.2 Å². The van der Waals surface area contributed by atoms with Crippen LogP contribution < -0.4 is 5.32 Å². The van der Waals surface area contributed by atoms with E-state index in [0.29, 0.717) is 6.54 Å². The second kappa shape index (κ2) is 5.57. The Morgan fingerprint density at radius 1 is 1.43 bits per heavy atom. The van der Waals surface area contributed by atoms with Crippen molar-refractivity contribution in [3.8, 4) is 0 Å². The fourth-order valence-corrected chi connectivity index (χ4v) is 3.55. The Morgan fingerprint density at radius 3 is 2.52 bits per heavy atom. The van der Waals surface area contributed by atoms with Crippen LogP contribution in [0.5, 0.6) is 0 Å². The van der Waals surface area contributed by atoms with E-state index in [9.17, 15) is 17.6 Å². The predicted molar refractivity (Wildman–Crippen MR) is 78.5 cm³/mol. The first-order valence-corrected chi connectivity index (χ1v) is 9.02. The number of carbonyl (C=O) groups excluding carboxylic acids is 1. The number of hydrogen-bond acceptors (Lipinski definition) is 3. The molecule has 1 fully saturated rings. The summed E-state index contributed by atoms with van der Waals surface area (Å²) in [4.78, 5) is 11.8. The van der Waals surface area contributed by atoms with Gasteiger partial charge in [-0.05, 0) is 49.3 Å². The van der Waals surface area contributed by atoms with Gasteiger partial charge in [-0.25, -0.2) is 12.8 Å². The molecule has 0 bridgehead atoms. The minimum Gasteiger partial charge on any atom is -0.351 e. The smallest absolute Gasteiger partial charge is 0.261 e. The molecule has 1 aliphatic carbocycles. The number of rotatable bonds is 5. The fourth-order valence-electron chi connectivity index (χ4n) is 2.34. The summed E-state index contributed by atoms with van der Waals surface area (Å²) >= 11 is 0. The van der Waals surface area contributed by atoms with E-state index in [1.165, 1.54) is 6.92 Å². The summed E-state index contributed by atoms with van der Waals surface area (Å²) in [5.74, 6) is -1.28. The van der Waals surface area contributed by atoms with E-state index in [1.54, 1.807) is 0 Å². The first-order chi connectivity index (χ1) is 9.68. The van der Waals surface area contributed by atoms with E-state index < -0.39 is 20.8 Å². The number of amides is 1. The minimum atomic E-state index is -4.10. The summed E-state index contributed by atoms with van der Waals surface area (Å²) < 4.78 is 36.4. The zero-order chi connectivity index (χ0) is 15.8. The van der Waals surface area contributed by atoms with E-state index in [1.807, 2.05) is 0 Å². The van der Waals surface area contributed by atoms with Gasteiger partial charge in [-0.15, -0.1) is 0 Å². The van der Waals surface area contributed by atoms with Crippen LogP contribution in [0.15, 0.2) is 17.0 Å². The van der Waals surface area contributed by atoms with Gasteiger partial charge in [-0.3, -0.25) is 4.79 Å². The molecule has 1 N–H and O–H groups in total. The van der Waals surface area contributed by atoms with Crippen molar-refractivity contribution in [3.63, 3.8) is 0 Å². The molecule has 0 heterocycles. The average molecular weight is 334 g/mol. The van der Waals surface area contributed by atoms with Crippen LogP contribution in [0.25, 0.3) is 0 Å². The Balaban J connectivity index is 2.27. The van der Waals surface area contributed by atoms with Crippen LogP contribution in [-0.2, 0) is 9.05 Å². The lowest BCUT2D eigenvalue weighted by molar-refractivity contribution is 0.0943. The van der Waals surface area contributed by atoms with Gasteiger partial charge in [0.25, 0.3) is 15.0 Å². The molecule has 0 atom stereocenters. The topological polar surface area (TPSA) is 63.2 Å². The Bertz CT molecular complexity index is 684. The van der Waals surface area contributed by atoms with Crippen LogP contribution in [0.2, 0.25) is 0 Å². The Morgan fingerprint density at radius 2 is 2.05 bits per heavy atom. The van der Waals surface area contributed by atoms with Crippen LogP contribution in [0.3, 0.4) is 0 Å². The lowest BCUT2D eigenvalue weighted by Crippen LogP contribution is -2.30. The maximum Gasteiger partial charge on any atom is 0.261 e. The third-order valence-corrected chi connectivity index (χ3v) is 5.61. The molecular weight excluding hydrogens is 317 g/mol. The summed E-state index contributed by atoms with van der Waals surface area (Å²) in [6.07, 6.45) is 3.09. The van der Waals surface area contributed by atoms with Crippen molar-refractivity contribution >= 4 is 25.6 Å². The van der Waals surface area contributed by atoms with Gasteiger partial charge < -0.3 is 5.32 Å². The monoisotopic (exact) mass is 333 g/mol. The van der Waals surface area contributed by atoms with Crippen molar-refractivity contribution in [2.75, 3.05) is 6.54 Å². The highest BCUT2D eigenvalue weighted by atomic mass is 35.7. The van der Waals surface area contributed by atoms with Gasteiger partial charge in [-0.2, -0.15) is 0 Å². The number of hydrogen-bond donors (Lipinski definition) is 1. The lowest BCUT2D eigenvalue weighted by atomic mass is 10.0. The molecule has 21 heavy (non-hydrogen) atoms. The van der Waals surface area contributed by atoms with Crippen LogP contribution in [-0.4, -0.2) is 20.9 Å². The van der Waals surface area contributed by atoms with Crippen LogP contribution in [0.4, 0.5) is 4.39 Å². The van der Waals surface area contributed by atoms with Crippen molar-refractivity contribution in [1.29, 1.82) is 0 Å². The molecule has 0 aliphatic heterocycles. The molecule has 0 aromatic heterocycles. The van der Waals surface area contributed by atoms with Gasteiger partial charge in [0.15, 0.2) is 0 Å². The van der Waals surface area contributed by atoms with Crippen LogP contribution >= 0.6 is 10.7 Å². The standard InChI is InChI=1S/C14H17ClFNO3S/c1-3-14(4-5-14)8-17-13(18)11-6-10(16)7-12(9(11)2)21(15,19)20/h6-7H,3-5,8H2,1-2H3,(H,17,18). The highest BCUT2D eigenvalue weighted by molar-refractivity contribution is 8.13. The van der Waals surface area contributed by atoms with Crippen molar-refractivity contribution in [2.24, 2.45) is 5.41 Å². The molecule has 0 spiro atoms. The van der Waals surface area contributed by atoms with Gasteiger partial charge in [0.1, 0.15) is 5.82 Å². The summed E-state index contributed by atoms with van der Waals surface area (Å²) in [5.41, 5.74) is 0.310. The van der Waals surface area contributed by atoms with E-state index in [4.69, 9.17) is 10.7 Å². The summed E-state index contributed by atoms with van der Waals surface area (Å²) in [7, 11) is 1.17. The maximum atomic E-state index is 13.5. The fraction of sp³-hybridized carbons (Fsp3) is 0.500. The first kappa shape index (κ1) is 16.2. The highest BCUT2D eigenvalue weighted by Crippen LogP contribution is 2.47. The van der Waals surface area contributed by atoms with Gasteiger partial charge in [0.05, 0.1) is 4.90 Å². The zero-order valence-corrected chi connectivity index (χ0v) is 13.4. The number of carbonyl (C=O) groups is 1. The van der Waals surface area contributed by atoms with E-state index in [2.05, 4.69) is 12.2 Å². The molecule has 1 amide bonds. The Hall–Kier alpha value is -1.14.